The van der Waals surface area contributed by atoms with Gasteiger partial charge in [-0.1, -0.05) is 29.8 Å². The molecule has 0 bridgehead atoms. The van der Waals surface area contributed by atoms with Crippen molar-refractivity contribution in [2.45, 2.75) is 11.4 Å². The molecule has 0 spiro atoms. The van der Waals surface area contributed by atoms with Crippen LogP contribution in [0.25, 0.3) is 11.0 Å². The molecule has 3 aromatic carbocycles. The van der Waals surface area contributed by atoms with Gasteiger partial charge in [0.2, 0.25) is 11.7 Å². The van der Waals surface area contributed by atoms with Crippen LogP contribution in [-0.2, 0) is 11.3 Å². The maximum absolute atomic E-state index is 13.1. The first kappa shape index (κ1) is 20.2. The molecule has 1 amide bonds. The second-order valence-electron chi connectivity index (χ2n) is 6.63. The number of nitrogens with zero attached hydrogens (tertiary/aromatic N) is 2. The molecule has 1 aromatic heterocycles. The minimum Gasteiger partial charge on any atom is -0.324 e. The van der Waals surface area contributed by atoms with Crippen LogP contribution < -0.4 is 5.32 Å². The van der Waals surface area contributed by atoms with Crippen molar-refractivity contribution in [1.82, 2.24) is 9.55 Å². The van der Waals surface area contributed by atoms with Gasteiger partial charge in [-0.15, -0.1) is 11.8 Å². The van der Waals surface area contributed by atoms with E-state index in [9.17, 15) is 9.59 Å². The molecular formula is C23H18ClN3O2S. The number of hydrogen-bond donors (Lipinski definition) is 1. The van der Waals surface area contributed by atoms with Gasteiger partial charge in [0.05, 0.1) is 11.0 Å². The van der Waals surface area contributed by atoms with Crippen molar-refractivity contribution in [1.29, 1.82) is 0 Å². The van der Waals surface area contributed by atoms with Gasteiger partial charge in [0.1, 0.15) is 6.54 Å². The summed E-state index contributed by atoms with van der Waals surface area (Å²) in [5.74, 6) is -0.284. The molecule has 0 saturated carbocycles. The van der Waals surface area contributed by atoms with Crippen molar-refractivity contribution in [3.8, 4) is 0 Å². The third-order valence-corrected chi connectivity index (χ3v) is 5.60. The molecule has 4 rings (SSSR count). The fraction of sp³-hybridized carbons (Fsp3) is 0.0870. The largest absolute Gasteiger partial charge is 0.324 e. The van der Waals surface area contributed by atoms with Crippen molar-refractivity contribution in [3.63, 3.8) is 0 Å². The molecule has 4 aromatic rings. The number of anilines is 1. The van der Waals surface area contributed by atoms with E-state index >= 15 is 0 Å². The van der Waals surface area contributed by atoms with Crippen LogP contribution in [0.15, 0.2) is 77.7 Å². The molecule has 0 aliphatic rings. The van der Waals surface area contributed by atoms with E-state index in [1.807, 2.05) is 54.8 Å². The number of nitrogens with one attached hydrogen (secondary N) is 1. The van der Waals surface area contributed by atoms with Crippen molar-refractivity contribution in [2.24, 2.45) is 0 Å². The highest BCUT2D eigenvalue weighted by atomic mass is 35.5. The first-order valence-corrected chi connectivity index (χ1v) is 10.8. The monoisotopic (exact) mass is 435 g/mol. The summed E-state index contributed by atoms with van der Waals surface area (Å²) in [6, 6.07) is 21.6. The van der Waals surface area contributed by atoms with E-state index in [4.69, 9.17) is 11.6 Å². The number of fused-ring (bicyclic) bond motifs is 1. The smallest absolute Gasteiger partial charge is 0.244 e. The number of halogens is 1. The molecule has 0 fully saturated rings. The Morgan fingerprint density at radius 2 is 1.80 bits per heavy atom. The number of hydrogen-bond acceptors (Lipinski definition) is 4. The van der Waals surface area contributed by atoms with Gasteiger partial charge in [-0.2, -0.15) is 0 Å². The van der Waals surface area contributed by atoms with Crippen LogP contribution in [0.5, 0.6) is 0 Å². The Kier molecular flexibility index (Phi) is 5.88. The number of rotatable bonds is 6. The fourth-order valence-electron chi connectivity index (χ4n) is 3.18. The molecule has 1 N–H and O–H groups in total. The lowest BCUT2D eigenvalue weighted by Gasteiger charge is -2.10. The van der Waals surface area contributed by atoms with Gasteiger partial charge in [-0.3, -0.25) is 9.59 Å². The van der Waals surface area contributed by atoms with E-state index in [0.717, 1.165) is 10.4 Å². The summed E-state index contributed by atoms with van der Waals surface area (Å²) in [5.41, 5.74) is 2.56. The van der Waals surface area contributed by atoms with E-state index < -0.39 is 0 Å². The van der Waals surface area contributed by atoms with E-state index in [1.165, 1.54) is 0 Å². The molecule has 0 radical (unpaired) electrons. The molecular weight excluding hydrogens is 418 g/mol. The molecule has 5 nitrogen and oxygen atoms in total. The number of amides is 1. The summed E-state index contributed by atoms with van der Waals surface area (Å²) in [6.07, 6.45) is 1.98. The highest BCUT2D eigenvalue weighted by molar-refractivity contribution is 7.98. The molecule has 0 aliphatic heterocycles. The quantitative estimate of drug-likeness (QED) is 0.330. The van der Waals surface area contributed by atoms with Crippen molar-refractivity contribution < 1.29 is 9.59 Å². The fourth-order valence-corrected chi connectivity index (χ4v) is 3.77. The van der Waals surface area contributed by atoms with Crippen LogP contribution in [0.3, 0.4) is 0 Å². The Morgan fingerprint density at radius 1 is 1.03 bits per heavy atom. The number of imidazole rings is 1. The topological polar surface area (TPSA) is 64.0 Å². The number of thioether (sulfide) groups is 1. The Labute approximate surface area is 183 Å². The number of aromatic nitrogens is 2. The number of ketones is 1. The van der Waals surface area contributed by atoms with Crippen LogP contribution in [0.2, 0.25) is 5.02 Å². The summed E-state index contributed by atoms with van der Waals surface area (Å²) in [7, 11) is 0. The van der Waals surface area contributed by atoms with Crippen LogP contribution in [0.4, 0.5) is 5.69 Å². The first-order valence-electron chi connectivity index (χ1n) is 9.24. The maximum atomic E-state index is 13.1. The zero-order chi connectivity index (χ0) is 21.1. The zero-order valence-corrected chi connectivity index (χ0v) is 17.7. The standard InChI is InChI=1S/C23H18ClN3O2S/c1-30-18-6-4-5-17(13-18)25-21(28)14-27-20-8-3-2-7-19(20)26-23(27)22(29)15-9-11-16(24)12-10-15/h2-13H,14H2,1H3,(H,25,28). The van der Waals surface area contributed by atoms with E-state index in [-0.39, 0.29) is 24.1 Å². The Morgan fingerprint density at radius 3 is 2.57 bits per heavy atom. The highest BCUT2D eigenvalue weighted by Gasteiger charge is 2.21. The van der Waals surface area contributed by atoms with E-state index in [2.05, 4.69) is 10.3 Å². The molecule has 30 heavy (non-hydrogen) atoms. The normalized spacial score (nSPS) is 10.9. The second kappa shape index (κ2) is 8.73. The summed E-state index contributed by atoms with van der Waals surface area (Å²) in [5, 5.41) is 3.45. The summed E-state index contributed by atoms with van der Waals surface area (Å²) < 4.78 is 1.65. The molecule has 1 heterocycles. The Hall–Kier alpha value is -3.09. The van der Waals surface area contributed by atoms with Gasteiger partial charge >= 0.3 is 0 Å². The molecule has 150 valence electrons. The predicted molar refractivity (Wildman–Crippen MR) is 121 cm³/mol. The van der Waals surface area contributed by atoms with Gasteiger partial charge in [-0.05, 0) is 60.9 Å². The van der Waals surface area contributed by atoms with Gasteiger partial charge in [0.15, 0.2) is 5.82 Å². The SMILES string of the molecule is CSc1cccc(NC(=O)Cn2c(C(=O)c3ccc(Cl)cc3)nc3ccccc32)c1. The molecule has 0 saturated heterocycles. The number of carbonyl (C=O) groups excluding carboxylic acids is 2. The lowest BCUT2D eigenvalue weighted by molar-refractivity contribution is -0.116. The van der Waals surface area contributed by atoms with Crippen LogP contribution >= 0.6 is 23.4 Å². The van der Waals surface area contributed by atoms with E-state index in [1.54, 1.807) is 40.6 Å². The lowest BCUT2D eigenvalue weighted by Crippen LogP contribution is -2.22. The summed E-state index contributed by atoms with van der Waals surface area (Å²) in [6.45, 7) is -0.0291. The Balaban J connectivity index is 1.67. The van der Waals surface area contributed by atoms with E-state index in [0.29, 0.717) is 21.8 Å². The summed E-state index contributed by atoms with van der Waals surface area (Å²) in [4.78, 5) is 31.4. The summed E-state index contributed by atoms with van der Waals surface area (Å²) >= 11 is 7.54. The number of para-hydroxylation sites is 2. The maximum Gasteiger partial charge on any atom is 0.244 e. The molecule has 0 unspecified atom stereocenters. The van der Waals surface area contributed by atoms with Gasteiger partial charge < -0.3 is 9.88 Å². The predicted octanol–water partition coefficient (Wildman–Crippen LogP) is 5.28. The third kappa shape index (κ3) is 4.25. The van der Waals surface area contributed by atoms with Crippen LogP contribution in [-0.4, -0.2) is 27.5 Å². The van der Waals surface area contributed by atoms with Crippen molar-refractivity contribution in [3.05, 3.63) is 89.2 Å². The zero-order valence-electron chi connectivity index (χ0n) is 16.1. The average molecular weight is 436 g/mol. The number of carbonyl (C=O) groups is 2. The highest BCUT2D eigenvalue weighted by Crippen LogP contribution is 2.21. The van der Waals surface area contributed by atoms with Crippen LogP contribution in [0, 0.1) is 0 Å². The Bertz CT molecular complexity index is 1230. The second-order valence-corrected chi connectivity index (χ2v) is 7.94. The average Bonchev–Trinajstić information content (AvgIpc) is 3.12. The lowest BCUT2D eigenvalue weighted by atomic mass is 10.1. The van der Waals surface area contributed by atoms with Gasteiger partial charge in [0.25, 0.3) is 0 Å². The van der Waals surface area contributed by atoms with Crippen molar-refractivity contribution >= 4 is 51.8 Å². The third-order valence-electron chi connectivity index (χ3n) is 4.62. The first-order chi connectivity index (χ1) is 14.5. The minimum atomic E-state index is -0.264. The van der Waals surface area contributed by atoms with Gasteiger partial charge in [0, 0.05) is 21.2 Å². The minimum absolute atomic E-state index is 0.0291. The molecule has 7 heteroatoms. The molecule has 0 aliphatic carbocycles. The molecule has 0 atom stereocenters. The number of benzene rings is 3. The van der Waals surface area contributed by atoms with Crippen LogP contribution in [0.1, 0.15) is 16.2 Å². The van der Waals surface area contributed by atoms with Gasteiger partial charge in [-0.25, -0.2) is 4.98 Å². The van der Waals surface area contributed by atoms with Crippen molar-refractivity contribution in [2.75, 3.05) is 11.6 Å².